The molecule has 5 aliphatic heterocycles. The molecular formula is C40H41F3N12O. The van der Waals surface area contributed by atoms with Gasteiger partial charge < -0.3 is 34.6 Å². The minimum absolute atomic E-state index is 0.0343. The highest BCUT2D eigenvalue weighted by atomic mass is 19.1. The van der Waals surface area contributed by atoms with E-state index in [-0.39, 0.29) is 41.8 Å². The lowest BCUT2D eigenvalue weighted by Crippen LogP contribution is -2.57. The van der Waals surface area contributed by atoms with Crippen LogP contribution in [0.4, 0.5) is 30.8 Å². The molecule has 13 nitrogen and oxygen atoms in total. The van der Waals surface area contributed by atoms with Crippen molar-refractivity contribution in [2.45, 2.75) is 56.6 Å². The molecule has 0 aliphatic carbocycles. The standard InChI is InChI=1S/C40H41F3N12O/c1-21-35-13-25(47-36-7-5-6-32(48-36)29-10-24(42)12-33-37(29)53(22(2)46-33)18-26(44-3)16-51(21)4)17-54(35)38-30-15-45-55(34-9-8-23(41)11-31(34)43)39(30)50-40(49-38)52-19-27-14-28(20-52)56-27/h5-12,15,25-28,35,44H,1,13-14,16-20H2,2-4H3,(H,47,48)/t25?,26-,27?,28?,35-/m0/s1. The zero-order valence-electron chi connectivity index (χ0n) is 31.3. The van der Waals surface area contributed by atoms with Gasteiger partial charge in [0.1, 0.15) is 34.8 Å². The van der Waals surface area contributed by atoms with E-state index in [1.165, 1.54) is 28.9 Å². The monoisotopic (exact) mass is 762 g/mol. The van der Waals surface area contributed by atoms with Crippen LogP contribution in [0, 0.1) is 24.4 Å². The number of morpholine rings is 1. The highest BCUT2D eigenvalue weighted by molar-refractivity contribution is 5.92. The molecule has 2 N–H and O–H groups in total. The van der Waals surface area contributed by atoms with Gasteiger partial charge >= 0.3 is 0 Å². The molecule has 56 heavy (non-hydrogen) atoms. The molecule has 6 aromatic rings. The first-order valence-electron chi connectivity index (χ1n) is 19.0. The van der Waals surface area contributed by atoms with E-state index in [0.29, 0.717) is 84.5 Å². The minimum atomic E-state index is -0.749. The summed E-state index contributed by atoms with van der Waals surface area (Å²) in [5.41, 5.74) is 4.10. The number of halogens is 3. The van der Waals surface area contributed by atoms with E-state index in [1.807, 2.05) is 39.2 Å². The number of anilines is 3. The summed E-state index contributed by atoms with van der Waals surface area (Å²) in [7, 11) is 3.98. The van der Waals surface area contributed by atoms with Gasteiger partial charge in [-0.1, -0.05) is 12.6 Å². The molecule has 4 fully saturated rings. The van der Waals surface area contributed by atoms with Gasteiger partial charge in [-0.25, -0.2) is 27.8 Å². The largest absolute Gasteiger partial charge is 0.375 e. The molecule has 9 heterocycles. The van der Waals surface area contributed by atoms with Gasteiger partial charge in [-0.2, -0.15) is 15.1 Å². The molecule has 3 unspecified atom stereocenters. The fourth-order valence-electron chi connectivity index (χ4n) is 8.89. The Kier molecular flexibility index (Phi) is 8.18. The number of nitrogens with zero attached hydrogens (tertiary/aromatic N) is 10. The number of hydrogen-bond donors (Lipinski definition) is 2. The summed E-state index contributed by atoms with van der Waals surface area (Å²) in [6, 6.07) is 11.8. The van der Waals surface area contributed by atoms with Gasteiger partial charge in [0.25, 0.3) is 0 Å². The number of piperidine rings is 1. The number of nitrogens with one attached hydrogen (secondary N) is 2. The average molecular weight is 763 g/mol. The molecule has 288 valence electrons. The van der Waals surface area contributed by atoms with Crippen LogP contribution >= 0.6 is 0 Å². The van der Waals surface area contributed by atoms with Crippen molar-refractivity contribution in [1.29, 1.82) is 0 Å². The number of aryl methyl sites for hydroxylation is 1. The van der Waals surface area contributed by atoms with Crippen molar-refractivity contribution < 1.29 is 17.9 Å². The molecule has 5 aliphatic rings. The summed E-state index contributed by atoms with van der Waals surface area (Å²) < 4.78 is 54.0. The Labute approximate surface area is 320 Å². The summed E-state index contributed by atoms with van der Waals surface area (Å²) >= 11 is 0. The van der Waals surface area contributed by atoms with Crippen LogP contribution in [0.25, 0.3) is 39.0 Å². The first-order chi connectivity index (χ1) is 27.1. The van der Waals surface area contributed by atoms with Gasteiger partial charge in [0.15, 0.2) is 11.5 Å². The van der Waals surface area contributed by atoms with Crippen LogP contribution < -0.4 is 20.4 Å². The molecule has 4 saturated heterocycles. The first-order valence-corrected chi connectivity index (χ1v) is 19.0. The summed E-state index contributed by atoms with van der Waals surface area (Å²) in [5, 5.41) is 12.4. The van der Waals surface area contributed by atoms with E-state index in [0.717, 1.165) is 29.5 Å². The van der Waals surface area contributed by atoms with Crippen molar-refractivity contribution in [3.05, 3.63) is 90.3 Å². The predicted molar refractivity (Wildman–Crippen MR) is 208 cm³/mol. The van der Waals surface area contributed by atoms with E-state index < -0.39 is 11.6 Å². The highest BCUT2D eigenvalue weighted by Crippen LogP contribution is 2.39. The number of benzene rings is 2. The highest BCUT2D eigenvalue weighted by Gasteiger charge is 2.42. The Morgan fingerprint density at radius 3 is 2.52 bits per heavy atom. The second-order valence-corrected chi connectivity index (χ2v) is 15.4. The Hall–Kier alpha value is -5.74. The lowest BCUT2D eigenvalue weighted by Gasteiger charge is -2.47. The molecule has 0 spiro atoms. The third kappa shape index (κ3) is 5.81. The molecule has 0 radical (unpaired) electrons. The molecular weight excluding hydrogens is 722 g/mol. The molecule has 5 atom stereocenters. The van der Waals surface area contributed by atoms with Crippen LogP contribution in [0.3, 0.4) is 0 Å². The maximum absolute atomic E-state index is 15.3. The zero-order chi connectivity index (χ0) is 38.4. The fourth-order valence-corrected chi connectivity index (χ4v) is 8.89. The molecule has 4 aromatic heterocycles. The lowest BCUT2D eigenvalue weighted by molar-refractivity contribution is -0.133. The number of hydrogen-bond acceptors (Lipinski definition) is 11. The van der Waals surface area contributed by atoms with Crippen LogP contribution in [0.2, 0.25) is 0 Å². The molecule has 16 heteroatoms. The number of aromatic nitrogens is 7. The van der Waals surface area contributed by atoms with Crippen molar-refractivity contribution in [2.75, 3.05) is 55.4 Å². The third-order valence-corrected chi connectivity index (χ3v) is 11.7. The van der Waals surface area contributed by atoms with Gasteiger partial charge in [0.05, 0.1) is 46.6 Å². The topological polar surface area (TPSA) is 117 Å². The summed E-state index contributed by atoms with van der Waals surface area (Å²) in [5.74, 6) is 0.752. The van der Waals surface area contributed by atoms with Gasteiger partial charge in [0, 0.05) is 81.7 Å². The second kappa shape index (κ2) is 13.2. The van der Waals surface area contributed by atoms with E-state index in [1.54, 1.807) is 6.20 Å². The molecule has 0 saturated carbocycles. The van der Waals surface area contributed by atoms with Crippen molar-refractivity contribution in [2.24, 2.45) is 0 Å². The zero-order valence-corrected chi connectivity index (χ0v) is 31.3. The number of likely N-dealkylation sites (N-methyl/N-ethyl adjacent to an activating group) is 2. The van der Waals surface area contributed by atoms with Crippen LogP contribution in [0.1, 0.15) is 18.7 Å². The number of ether oxygens (including phenoxy) is 1. The first kappa shape index (κ1) is 34.7. The van der Waals surface area contributed by atoms with Crippen molar-refractivity contribution in [3.8, 4) is 16.9 Å². The number of imidazole rings is 1. The average Bonchev–Trinajstić information content (AvgIpc) is 3.88. The Balaban J connectivity index is 1.10. The quantitative estimate of drug-likeness (QED) is 0.252. The van der Waals surface area contributed by atoms with Crippen LogP contribution in [0.15, 0.2) is 67.0 Å². The van der Waals surface area contributed by atoms with Crippen molar-refractivity contribution in [3.63, 3.8) is 0 Å². The number of fused-ring (bicyclic) bond motifs is 8. The molecule has 2 aromatic carbocycles. The van der Waals surface area contributed by atoms with E-state index >= 15 is 8.78 Å². The summed E-state index contributed by atoms with van der Waals surface area (Å²) in [4.78, 5) is 26.5. The third-order valence-electron chi connectivity index (χ3n) is 11.7. The minimum Gasteiger partial charge on any atom is -0.375 e. The normalized spacial score (nSPS) is 23.6. The van der Waals surface area contributed by atoms with Crippen molar-refractivity contribution in [1.82, 2.24) is 44.5 Å². The van der Waals surface area contributed by atoms with Gasteiger partial charge in [-0.3, -0.25) is 0 Å². The Bertz CT molecular complexity index is 2520. The van der Waals surface area contributed by atoms with Crippen molar-refractivity contribution >= 4 is 39.7 Å². The summed E-state index contributed by atoms with van der Waals surface area (Å²) in [6.07, 6.45) is 3.50. The fraction of sp³-hybridized carbons (Fsp3) is 0.375. The van der Waals surface area contributed by atoms with E-state index in [2.05, 4.69) is 41.6 Å². The smallest absolute Gasteiger partial charge is 0.229 e. The van der Waals surface area contributed by atoms with Gasteiger partial charge in [-0.05, 0) is 50.7 Å². The molecule has 6 bridgehead atoms. The second-order valence-electron chi connectivity index (χ2n) is 15.4. The van der Waals surface area contributed by atoms with Gasteiger partial charge in [-0.15, -0.1) is 0 Å². The molecule has 11 rings (SSSR count). The molecule has 0 amide bonds. The number of rotatable bonds is 4. The van der Waals surface area contributed by atoms with Crippen LogP contribution in [-0.2, 0) is 11.3 Å². The Morgan fingerprint density at radius 2 is 1.73 bits per heavy atom. The number of pyridine rings is 1. The maximum atomic E-state index is 15.3. The Morgan fingerprint density at radius 1 is 0.911 bits per heavy atom. The SMILES string of the molecule is C=C1[C@@H]2CC(CN2c2nc(N3CC4CC(C3)O4)nc3c2cnn3-c2ccc(F)cc2F)Nc2cccc(n2)-c2cc(F)cc3nc(C)n(c23)C[C@@H](NC)CN1C. The lowest BCUT2D eigenvalue weighted by atomic mass is 9.99. The summed E-state index contributed by atoms with van der Waals surface area (Å²) in [6.45, 7) is 9.59. The van der Waals surface area contributed by atoms with E-state index in [4.69, 9.17) is 24.7 Å². The predicted octanol–water partition coefficient (Wildman–Crippen LogP) is 5.04. The van der Waals surface area contributed by atoms with Crippen LogP contribution in [-0.4, -0.2) is 110 Å². The van der Waals surface area contributed by atoms with Crippen LogP contribution in [0.5, 0.6) is 0 Å². The maximum Gasteiger partial charge on any atom is 0.229 e. The van der Waals surface area contributed by atoms with Gasteiger partial charge in [0.2, 0.25) is 5.95 Å². The van der Waals surface area contributed by atoms with E-state index in [9.17, 15) is 4.39 Å².